The zero-order valence-electron chi connectivity index (χ0n) is 16.3. The van der Waals surface area contributed by atoms with Crippen molar-refractivity contribution in [3.8, 4) is 22.9 Å². The molecule has 156 valence electrons. The highest BCUT2D eigenvalue weighted by Gasteiger charge is 2.20. The van der Waals surface area contributed by atoms with Gasteiger partial charge in [-0.2, -0.15) is 0 Å². The van der Waals surface area contributed by atoms with Crippen LogP contribution in [0.1, 0.15) is 24.6 Å². The molecule has 0 bridgehead atoms. The zero-order valence-corrected chi connectivity index (χ0v) is 16.3. The molecule has 1 atom stereocenters. The first kappa shape index (κ1) is 20.0. The highest BCUT2D eigenvalue weighted by molar-refractivity contribution is 5.72. The number of nitro benzene ring substituents is 1. The van der Waals surface area contributed by atoms with E-state index in [0.29, 0.717) is 17.1 Å². The molecule has 10 heteroatoms. The van der Waals surface area contributed by atoms with E-state index in [9.17, 15) is 14.9 Å². The zero-order chi connectivity index (χ0) is 21.8. The van der Waals surface area contributed by atoms with Crippen LogP contribution in [0.25, 0.3) is 22.9 Å². The molecule has 0 fully saturated rings. The van der Waals surface area contributed by atoms with Crippen LogP contribution in [0.2, 0.25) is 0 Å². The number of aromatic nitrogens is 3. The van der Waals surface area contributed by atoms with E-state index >= 15 is 0 Å². The fourth-order valence-electron chi connectivity index (χ4n) is 2.78. The summed E-state index contributed by atoms with van der Waals surface area (Å²) in [5.74, 6) is 0.153. The molecule has 4 aromatic rings. The molecule has 2 aromatic carbocycles. The standard InChI is InChI=1S/C21H16N4O6/c1-13(19-23-24-21(31-19)15-7-9-17(10-8-15)25(27)28)30-18(26)11-16-12-29-20(22-16)14-5-3-2-4-6-14/h2-10,12-13H,11H2,1H3. The van der Waals surface area contributed by atoms with Crippen molar-refractivity contribution in [2.24, 2.45) is 0 Å². The number of rotatable bonds is 7. The second-order valence-corrected chi connectivity index (χ2v) is 6.57. The first-order valence-electron chi connectivity index (χ1n) is 9.27. The summed E-state index contributed by atoms with van der Waals surface area (Å²) in [4.78, 5) is 26.8. The second kappa shape index (κ2) is 8.57. The molecular formula is C21H16N4O6. The van der Waals surface area contributed by atoms with Gasteiger partial charge in [0.05, 0.1) is 17.0 Å². The first-order valence-corrected chi connectivity index (χ1v) is 9.27. The predicted octanol–water partition coefficient (Wildman–Crippen LogP) is 4.15. The van der Waals surface area contributed by atoms with Crippen molar-refractivity contribution in [2.75, 3.05) is 0 Å². The van der Waals surface area contributed by atoms with Crippen LogP contribution in [-0.2, 0) is 16.0 Å². The Kier molecular flexibility index (Phi) is 5.52. The molecule has 0 aliphatic rings. The van der Waals surface area contributed by atoms with Crippen molar-refractivity contribution in [3.05, 3.63) is 82.6 Å². The van der Waals surface area contributed by atoms with Gasteiger partial charge in [0.25, 0.3) is 11.6 Å². The van der Waals surface area contributed by atoms with Gasteiger partial charge < -0.3 is 13.6 Å². The maximum atomic E-state index is 12.3. The summed E-state index contributed by atoms with van der Waals surface area (Å²) < 4.78 is 16.3. The van der Waals surface area contributed by atoms with E-state index in [1.54, 1.807) is 6.92 Å². The predicted molar refractivity (Wildman–Crippen MR) is 107 cm³/mol. The van der Waals surface area contributed by atoms with Gasteiger partial charge in [-0.15, -0.1) is 10.2 Å². The van der Waals surface area contributed by atoms with Crippen LogP contribution in [-0.4, -0.2) is 26.1 Å². The molecular weight excluding hydrogens is 404 g/mol. The van der Waals surface area contributed by atoms with Crippen molar-refractivity contribution in [1.82, 2.24) is 15.2 Å². The fraction of sp³-hybridized carbons (Fsp3) is 0.143. The quantitative estimate of drug-likeness (QED) is 0.245. The summed E-state index contributed by atoms with van der Waals surface area (Å²) in [6.07, 6.45) is 0.546. The van der Waals surface area contributed by atoms with Gasteiger partial charge in [-0.25, -0.2) is 4.98 Å². The van der Waals surface area contributed by atoms with Crippen LogP contribution >= 0.6 is 0 Å². The molecule has 4 rings (SSSR count). The minimum absolute atomic E-state index is 0.0472. The highest BCUT2D eigenvalue weighted by atomic mass is 16.6. The van der Waals surface area contributed by atoms with Crippen LogP contribution in [0.5, 0.6) is 0 Å². The van der Waals surface area contributed by atoms with Gasteiger partial charge in [-0.05, 0) is 31.2 Å². The number of hydrogen-bond donors (Lipinski definition) is 0. The van der Waals surface area contributed by atoms with Crippen LogP contribution in [0, 0.1) is 10.1 Å². The maximum absolute atomic E-state index is 12.3. The molecule has 0 radical (unpaired) electrons. The molecule has 0 N–H and O–H groups in total. The summed E-state index contributed by atoms with van der Waals surface area (Å²) >= 11 is 0. The number of ether oxygens (including phenoxy) is 1. The number of nitrogens with zero attached hydrogens (tertiary/aromatic N) is 4. The number of benzene rings is 2. The lowest BCUT2D eigenvalue weighted by Gasteiger charge is -2.08. The van der Waals surface area contributed by atoms with E-state index in [1.807, 2.05) is 30.3 Å². The number of oxazole rings is 1. The molecule has 10 nitrogen and oxygen atoms in total. The summed E-state index contributed by atoms with van der Waals surface area (Å²) in [6.45, 7) is 1.60. The number of hydrogen-bond acceptors (Lipinski definition) is 9. The number of non-ortho nitro benzene ring substituents is 1. The van der Waals surface area contributed by atoms with E-state index < -0.39 is 17.0 Å². The first-order chi connectivity index (χ1) is 15.0. The van der Waals surface area contributed by atoms with Crippen LogP contribution in [0.15, 0.2) is 69.7 Å². The smallest absolute Gasteiger partial charge is 0.312 e. The minimum Gasteiger partial charge on any atom is -0.452 e. The van der Waals surface area contributed by atoms with E-state index in [-0.39, 0.29) is 23.9 Å². The Morgan fingerprint density at radius 1 is 1.06 bits per heavy atom. The van der Waals surface area contributed by atoms with Gasteiger partial charge in [0.2, 0.25) is 11.8 Å². The third-order valence-electron chi connectivity index (χ3n) is 4.32. The molecule has 2 heterocycles. The number of carbonyl (C=O) groups is 1. The summed E-state index contributed by atoms with van der Waals surface area (Å²) in [5.41, 5.74) is 1.71. The van der Waals surface area contributed by atoms with Gasteiger partial charge in [0.1, 0.15) is 6.26 Å². The van der Waals surface area contributed by atoms with E-state index in [4.69, 9.17) is 13.6 Å². The summed E-state index contributed by atoms with van der Waals surface area (Å²) in [5, 5.41) is 18.5. The van der Waals surface area contributed by atoms with E-state index in [0.717, 1.165) is 5.56 Å². The molecule has 1 unspecified atom stereocenters. The normalized spacial score (nSPS) is 11.8. The number of nitro groups is 1. The van der Waals surface area contributed by atoms with Crippen molar-refractivity contribution in [3.63, 3.8) is 0 Å². The molecule has 0 saturated carbocycles. The highest BCUT2D eigenvalue weighted by Crippen LogP contribution is 2.25. The molecule has 31 heavy (non-hydrogen) atoms. The Morgan fingerprint density at radius 2 is 1.77 bits per heavy atom. The van der Waals surface area contributed by atoms with Gasteiger partial charge in [-0.1, -0.05) is 18.2 Å². The third kappa shape index (κ3) is 4.64. The molecule has 0 aliphatic carbocycles. The summed E-state index contributed by atoms with van der Waals surface area (Å²) in [7, 11) is 0. The molecule has 0 spiro atoms. The Balaban J connectivity index is 1.37. The van der Waals surface area contributed by atoms with Crippen LogP contribution in [0.3, 0.4) is 0 Å². The van der Waals surface area contributed by atoms with E-state index in [2.05, 4.69) is 15.2 Å². The van der Waals surface area contributed by atoms with Crippen molar-refractivity contribution in [1.29, 1.82) is 0 Å². The molecule has 2 aromatic heterocycles. The Morgan fingerprint density at radius 3 is 2.48 bits per heavy atom. The molecule has 0 aliphatic heterocycles. The number of esters is 1. The van der Waals surface area contributed by atoms with Gasteiger partial charge >= 0.3 is 5.97 Å². The lowest BCUT2D eigenvalue weighted by molar-refractivity contribution is -0.384. The van der Waals surface area contributed by atoms with Crippen LogP contribution < -0.4 is 0 Å². The molecule has 0 amide bonds. The summed E-state index contributed by atoms with van der Waals surface area (Å²) in [6, 6.07) is 15.0. The lowest BCUT2D eigenvalue weighted by Crippen LogP contribution is -2.12. The molecule has 0 saturated heterocycles. The van der Waals surface area contributed by atoms with Crippen molar-refractivity contribution in [2.45, 2.75) is 19.4 Å². The van der Waals surface area contributed by atoms with Crippen molar-refractivity contribution < 1.29 is 23.3 Å². The van der Waals surface area contributed by atoms with Crippen LogP contribution in [0.4, 0.5) is 5.69 Å². The SMILES string of the molecule is CC(OC(=O)Cc1coc(-c2ccccc2)n1)c1nnc(-c2ccc([N+](=O)[O-])cc2)o1. The fourth-order valence-corrected chi connectivity index (χ4v) is 2.78. The Hall–Kier alpha value is -4.34. The Labute approximate surface area is 175 Å². The maximum Gasteiger partial charge on any atom is 0.312 e. The monoisotopic (exact) mass is 420 g/mol. The van der Waals surface area contributed by atoms with Gasteiger partial charge in [0.15, 0.2) is 6.10 Å². The van der Waals surface area contributed by atoms with Gasteiger partial charge in [0, 0.05) is 23.3 Å². The number of carbonyl (C=O) groups excluding carboxylic acids is 1. The second-order valence-electron chi connectivity index (χ2n) is 6.57. The topological polar surface area (TPSA) is 134 Å². The third-order valence-corrected chi connectivity index (χ3v) is 4.32. The van der Waals surface area contributed by atoms with Crippen molar-refractivity contribution >= 4 is 11.7 Å². The lowest BCUT2D eigenvalue weighted by atomic mass is 10.2. The van der Waals surface area contributed by atoms with Gasteiger partial charge in [-0.3, -0.25) is 14.9 Å². The average Bonchev–Trinajstić information content (AvgIpc) is 3.44. The van der Waals surface area contributed by atoms with E-state index in [1.165, 1.54) is 30.5 Å². The Bertz CT molecular complexity index is 1200. The average molecular weight is 420 g/mol. The largest absolute Gasteiger partial charge is 0.452 e. The minimum atomic E-state index is -0.785.